The van der Waals surface area contributed by atoms with Gasteiger partial charge in [-0.15, -0.1) is 0 Å². The van der Waals surface area contributed by atoms with E-state index in [1.54, 1.807) is 36.4 Å². The molecule has 0 spiro atoms. The monoisotopic (exact) mass is 460 g/mol. The van der Waals surface area contributed by atoms with Gasteiger partial charge in [0.2, 0.25) is 5.95 Å². The van der Waals surface area contributed by atoms with Gasteiger partial charge in [-0.05, 0) is 49.2 Å². The second kappa shape index (κ2) is 12.7. The number of benzene rings is 2. The van der Waals surface area contributed by atoms with Crippen LogP contribution in [0.25, 0.3) is 4.85 Å². The second-order valence-corrected chi connectivity index (χ2v) is 7.42. The number of nitrogen functional groups attached to an aromatic ring is 1. The Hall–Kier alpha value is -2.11. The van der Waals surface area contributed by atoms with Gasteiger partial charge in [-0.25, -0.2) is 14.0 Å². The van der Waals surface area contributed by atoms with Crippen LogP contribution in [0.2, 0.25) is 0 Å². The van der Waals surface area contributed by atoms with E-state index in [2.05, 4.69) is 26.2 Å². The molecule has 0 bridgehead atoms. The first-order valence-electron chi connectivity index (χ1n) is 8.23. The topological polar surface area (TPSA) is 109 Å². The van der Waals surface area contributed by atoms with Gasteiger partial charge >= 0.3 is 51.4 Å². The molecule has 3 aromatic rings. The molecule has 156 valence electrons. The van der Waals surface area contributed by atoms with Crippen LogP contribution in [-0.4, -0.2) is 14.2 Å². The van der Waals surface area contributed by atoms with E-state index in [9.17, 15) is 4.21 Å². The molecule has 0 saturated heterocycles. The maximum Gasteiger partial charge on any atom is 1.00 e. The summed E-state index contributed by atoms with van der Waals surface area (Å²) >= 11 is 0. The van der Waals surface area contributed by atoms with Crippen LogP contribution in [-0.2, 0) is 10.8 Å². The summed E-state index contributed by atoms with van der Waals surface area (Å²) in [6.07, 6.45) is 0. The molecule has 1 heterocycles. The van der Waals surface area contributed by atoms with Crippen molar-refractivity contribution in [3.05, 3.63) is 70.6 Å². The number of hydrogen-bond donors (Lipinski definition) is 2. The van der Waals surface area contributed by atoms with Gasteiger partial charge in [-0.3, -0.25) is 0 Å². The van der Waals surface area contributed by atoms with Crippen LogP contribution in [0.4, 0.5) is 23.1 Å². The fourth-order valence-electron chi connectivity index (χ4n) is 2.75. The molecule has 1 unspecified atom stereocenters. The van der Waals surface area contributed by atoms with Crippen molar-refractivity contribution in [2.75, 3.05) is 11.1 Å². The first-order valence-corrected chi connectivity index (χ1v) is 9.38. The molecule has 0 saturated carbocycles. The van der Waals surface area contributed by atoms with Crippen LogP contribution in [0.5, 0.6) is 0 Å². The van der Waals surface area contributed by atoms with Crippen LogP contribution in [0.3, 0.4) is 0 Å². The zero-order valence-electron chi connectivity index (χ0n) is 17.2. The minimum Gasteiger partial charge on any atom is -1.00 e. The van der Waals surface area contributed by atoms with Gasteiger partial charge in [-0.1, -0.05) is 27.0 Å². The molecule has 7 nitrogen and oxygen atoms in total. The number of hydrogen-bond acceptors (Lipinski definition) is 6. The van der Waals surface area contributed by atoms with Crippen LogP contribution in [0.15, 0.2) is 52.4 Å². The molecule has 0 aliphatic carbocycles. The van der Waals surface area contributed by atoms with E-state index in [4.69, 9.17) is 17.6 Å². The van der Waals surface area contributed by atoms with Crippen molar-refractivity contribution >= 4 is 33.9 Å². The minimum atomic E-state index is -1.58. The van der Waals surface area contributed by atoms with Crippen molar-refractivity contribution in [1.82, 2.24) is 9.97 Å². The fraction of sp³-hybridized carbons (Fsp3) is 0.182. The Bertz CT molecular complexity index is 1150. The van der Waals surface area contributed by atoms with Crippen LogP contribution < -0.4 is 62.4 Å². The van der Waals surface area contributed by atoms with E-state index < -0.39 is 10.8 Å². The maximum absolute atomic E-state index is 13.1. The molecule has 0 aliphatic heterocycles. The number of aromatic nitrogens is 2. The molecule has 0 fully saturated rings. The van der Waals surface area contributed by atoms with E-state index in [0.29, 0.717) is 21.8 Å². The third-order valence-corrected chi connectivity index (χ3v) is 5.54. The van der Waals surface area contributed by atoms with Gasteiger partial charge in [0, 0.05) is 11.8 Å². The van der Waals surface area contributed by atoms with Crippen molar-refractivity contribution in [1.29, 1.82) is 5.26 Å². The van der Waals surface area contributed by atoms with Crippen molar-refractivity contribution in [2.24, 2.45) is 0 Å². The molecule has 0 amide bonds. The number of nitriles is 1. The molecule has 1 atom stereocenters. The average Bonchev–Trinajstić information content (AvgIpc) is 2.67. The Morgan fingerprint density at radius 3 is 2.23 bits per heavy atom. The van der Waals surface area contributed by atoms with E-state index >= 15 is 0 Å². The summed E-state index contributed by atoms with van der Waals surface area (Å²) in [5.74, 6) is 0.394. The third-order valence-electron chi connectivity index (χ3n) is 3.94. The Balaban J connectivity index is 0. The fourth-order valence-corrected chi connectivity index (χ4v) is 4.06. The second-order valence-electron chi connectivity index (χ2n) is 6.06. The molecule has 3 N–H and O–H groups in total. The predicted octanol–water partition coefficient (Wildman–Crippen LogP) is 2.40. The van der Waals surface area contributed by atoms with Crippen molar-refractivity contribution in [3.8, 4) is 6.07 Å². The van der Waals surface area contributed by atoms with E-state index in [0.717, 1.165) is 11.1 Å². The number of nitrogens with two attached hydrogens (primary N) is 1. The molecule has 0 radical (unpaired) electrons. The van der Waals surface area contributed by atoms with Gasteiger partial charge < -0.3 is 12.5 Å². The van der Waals surface area contributed by atoms with Gasteiger partial charge in [0.25, 0.3) is 0 Å². The maximum atomic E-state index is 13.1. The van der Waals surface area contributed by atoms with Crippen molar-refractivity contribution < 1.29 is 57.0 Å². The molecular weight excluding hydrogens is 435 g/mol. The number of nitrogens with zero attached hydrogens (tertiary/aromatic N) is 4. The number of aryl methyl sites for hydroxylation is 2. The largest absolute Gasteiger partial charge is 1.00 e. The first kappa shape index (κ1) is 28.9. The summed E-state index contributed by atoms with van der Waals surface area (Å²) in [5, 5.41) is 12.4. The minimum absolute atomic E-state index is 0. The molecule has 0 aliphatic rings. The first-order chi connectivity index (χ1) is 13.4. The van der Waals surface area contributed by atoms with Crippen LogP contribution in [0, 0.1) is 31.8 Å². The number of nitrogens with one attached hydrogen (secondary N) is 1. The van der Waals surface area contributed by atoms with Gasteiger partial charge in [0.15, 0.2) is 5.69 Å². The summed E-state index contributed by atoms with van der Waals surface area (Å²) in [5.41, 5.74) is 9.10. The zero-order chi connectivity index (χ0) is 20.3. The summed E-state index contributed by atoms with van der Waals surface area (Å²) in [7, 11) is -1.58. The summed E-state index contributed by atoms with van der Waals surface area (Å²) in [4.78, 5) is 12.4. The molecular formula is C22H25KN6OS. The normalized spacial score (nSPS) is 10.2. The number of rotatable bonds is 4. The van der Waals surface area contributed by atoms with Crippen LogP contribution >= 0.6 is 0 Å². The number of anilines is 3. The summed E-state index contributed by atoms with van der Waals surface area (Å²) in [6, 6.07) is 13.8. The summed E-state index contributed by atoms with van der Waals surface area (Å²) in [6.45, 7) is 10.6. The van der Waals surface area contributed by atoms with Crippen molar-refractivity contribution in [3.63, 3.8) is 0 Å². The molecule has 3 rings (SSSR count). The zero-order valence-corrected chi connectivity index (χ0v) is 20.2. The Morgan fingerprint density at radius 2 is 1.71 bits per heavy atom. The molecule has 2 aromatic carbocycles. The van der Waals surface area contributed by atoms with Crippen molar-refractivity contribution in [2.45, 2.75) is 38.6 Å². The standard InChI is InChI=1S/C20H16N6OS.2CH4.K.H/c1-12-8-14(11-21)9-13(2)19(12)28(27)18-10-17(22)25-20(26-18)24-16-6-4-15(23-3)5-7-16;;;;/h4-10H,1-2H3,(H3,22,24,25,26);2*1H4;;/q;;;+1;-1. The van der Waals surface area contributed by atoms with E-state index in [1.807, 2.05) is 13.8 Å². The SMILES string of the molecule is C.C.[C-]#[N+]c1ccc(Nc2nc(N)cc(S(=O)c3c(C)cc(C#N)cc3C)n2)cc1.[H-].[K+]. The van der Waals surface area contributed by atoms with Gasteiger partial charge in [-0.2, -0.15) is 10.2 Å². The third kappa shape index (κ3) is 6.94. The molecule has 9 heteroatoms. The average molecular weight is 461 g/mol. The van der Waals surface area contributed by atoms with Gasteiger partial charge in [0.05, 0.1) is 23.1 Å². The molecule has 1 aromatic heterocycles. The van der Waals surface area contributed by atoms with E-state index in [-0.39, 0.29) is 84.5 Å². The smallest absolute Gasteiger partial charge is 1.00 e. The Labute approximate surface area is 230 Å². The van der Waals surface area contributed by atoms with E-state index in [1.165, 1.54) is 6.07 Å². The predicted molar refractivity (Wildman–Crippen MR) is 122 cm³/mol. The quantitative estimate of drug-likeness (QED) is 0.352. The summed E-state index contributed by atoms with van der Waals surface area (Å²) < 4.78 is 13.1. The molecule has 31 heavy (non-hydrogen) atoms. The van der Waals surface area contributed by atoms with Gasteiger partial charge in [0.1, 0.15) is 21.6 Å². The Kier molecular flexibility index (Phi) is 11.8. The van der Waals surface area contributed by atoms with Crippen LogP contribution in [0.1, 0.15) is 33.0 Å². The Morgan fingerprint density at radius 1 is 1.13 bits per heavy atom.